The number of ether oxygens (including phenoxy) is 1. The number of urea groups is 2. The Kier molecular flexibility index (Phi) is 8.02. The molecule has 2 aromatic rings. The highest BCUT2D eigenvalue weighted by Gasteiger charge is 2.30. The molecule has 0 spiro atoms. The summed E-state index contributed by atoms with van der Waals surface area (Å²) in [7, 11) is -2.65. The molecular weight excluding hydrogens is 394 g/mol. The van der Waals surface area contributed by atoms with Crippen molar-refractivity contribution >= 4 is 27.8 Å². The molecule has 9 heteroatoms. The Morgan fingerprint density at radius 2 is 1.66 bits per heavy atom. The third-order valence-electron chi connectivity index (χ3n) is 4.10. The van der Waals surface area contributed by atoms with Gasteiger partial charge in [-0.3, -0.25) is 5.32 Å². The number of sulfonamides is 1. The van der Waals surface area contributed by atoms with Crippen molar-refractivity contribution in [3.05, 3.63) is 54.6 Å². The highest BCUT2D eigenvalue weighted by atomic mass is 32.2. The fraction of sp³-hybridized carbons (Fsp3) is 0.300. The van der Waals surface area contributed by atoms with Crippen molar-refractivity contribution in [2.75, 3.05) is 19.0 Å². The fourth-order valence-corrected chi connectivity index (χ4v) is 4.01. The zero-order valence-corrected chi connectivity index (χ0v) is 17.2. The number of nitrogens with zero attached hydrogens (tertiary/aromatic N) is 1. The number of para-hydroxylation sites is 2. The molecule has 0 aliphatic heterocycles. The number of carbonyl (C=O) groups excluding carboxylic acids is 2. The van der Waals surface area contributed by atoms with Gasteiger partial charge in [0.2, 0.25) is 0 Å². The van der Waals surface area contributed by atoms with Crippen molar-refractivity contribution in [1.29, 1.82) is 0 Å². The molecule has 8 nitrogen and oxygen atoms in total. The smallest absolute Gasteiger partial charge is 0.339 e. The van der Waals surface area contributed by atoms with Crippen LogP contribution in [0.3, 0.4) is 0 Å². The Bertz CT molecular complexity index is 932. The Labute approximate surface area is 170 Å². The highest BCUT2D eigenvalue weighted by Crippen LogP contribution is 2.23. The van der Waals surface area contributed by atoms with Crippen LogP contribution in [0.4, 0.5) is 15.3 Å². The Hall–Kier alpha value is -3.07. The van der Waals surface area contributed by atoms with Gasteiger partial charge in [-0.05, 0) is 30.7 Å². The van der Waals surface area contributed by atoms with Gasteiger partial charge in [-0.15, -0.1) is 0 Å². The van der Waals surface area contributed by atoms with Crippen LogP contribution in [0.25, 0.3) is 0 Å². The first-order chi connectivity index (χ1) is 13.9. The first kappa shape index (κ1) is 22.2. The number of carbonyl (C=O) groups is 2. The van der Waals surface area contributed by atoms with Gasteiger partial charge in [0.1, 0.15) is 5.75 Å². The molecule has 2 N–H and O–H groups in total. The number of benzene rings is 2. The third-order valence-corrected chi connectivity index (χ3v) is 5.89. The molecule has 0 saturated carbocycles. The summed E-state index contributed by atoms with van der Waals surface area (Å²) in [4.78, 5) is 24.9. The summed E-state index contributed by atoms with van der Waals surface area (Å²) in [6.07, 6.45) is 2.10. The maximum absolute atomic E-state index is 12.9. The zero-order valence-electron chi connectivity index (χ0n) is 16.4. The number of imide groups is 1. The van der Waals surface area contributed by atoms with Crippen molar-refractivity contribution in [1.82, 2.24) is 9.62 Å². The number of methoxy groups -OCH3 is 1. The second-order valence-corrected chi connectivity index (χ2v) is 8.04. The van der Waals surface area contributed by atoms with Gasteiger partial charge in [-0.1, -0.05) is 50.1 Å². The summed E-state index contributed by atoms with van der Waals surface area (Å²) in [5, 5.41) is 4.57. The molecule has 0 atom stereocenters. The molecule has 0 aliphatic carbocycles. The lowest BCUT2D eigenvalue weighted by Crippen LogP contribution is -2.47. The number of hydrogen-bond donors (Lipinski definition) is 2. The average Bonchev–Trinajstić information content (AvgIpc) is 2.72. The zero-order chi connectivity index (χ0) is 21.3. The summed E-state index contributed by atoms with van der Waals surface area (Å²) in [6.45, 7) is 1.94. The summed E-state index contributed by atoms with van der Waals surface area (Å²) in [5.74, 6) is 0.409. The highest BCUT2D eigenvalue weighted by molar-refractivity contribution is 7.89. The minimum absolute atomic E-state index is 0.0169. The molecule has 0 aromatic heterocycles. The molecular formula is C20H25N3O5S. The summed E-state index contributed by atoms with van der Waals surface area (Å²) in [5.41, 5.74) is 0.351. The van der Waals surface area contributed by atoms with E-state index >= 15 is 0 Å². The molecule has 156 valence electrons. The lowest BCUT2D eigenvalue weighted by Gasteiger charge is -2.22. The van der Waals surface area contributed by atoms with Gasteiger partial charge in [-0.2, -0.15) is 0 Å². The number of rotatable bonds is 8. The minimum atomic E-state index is -4.10. The van der Waals surface area contributed by atoms with E-state index in [0.717, 1.165) is 12.8 Å². The normalized spacial score (nSPS) is 10.8. The predicted molar refractivity (Wildman–Crippen MR) is 110 cm³/mol. The fourth-order valence-electron chi connectivity index (χ4n) is 2.62. The molecule has 0 radical (unpaired) electrons. The van der Waals surface area contributed by atoms with E-state index < -0.39 is 22.1 Å². The number of amides is 4. The van der Waals surface area contributed by atoms with Gasteiger partial charge >= 0.3 is 12.1 Å². The largest absolute Gasteiger partial charge is 0.495 e. The first-order valence-electron chi connectivity index (χ1n) is 9.23. The average molecular weight is 420 g/mol. The van der Waals surface area contributed by atoms with Gasteiger partial charge < -0.3 is 10.1 Å². The molecule has 0 aliphatic rings. The lowest BCUT2D eigenvalue weighted by molar-refractivity contribution is 0.218. The molecule has 29 heavy (non-hydrogen) atoms. The Balaban J connectivity index is 2.17. The third kappa shape index (κ3) is 5.95. The number of anilines is 1. The van der Waals surface area contributed by atoms with Crippen LogP contribution in [0.2, 0.25) is 0 Å². The van der Waals surface area contributed by atoms with Crippen molar-refractivity contribution in [2.45, 2.75) is 31.1 Å². The Morgan fingerprint density at radius 3 is 2.31 bits per heavy atom. The van der Waals surface area contributed by atoms with E-state index in [4.69, 9.17) is 4.74 Å². The SMILES string of the molecule is CCCCCN(C(=O)NC(=O)Nc1ccccc1OC)S(=O)(=O)c1ccccc1. The maximum atomic E-state index is 12.9. The molecule has 0 unspecified atom stereocenters. The van der Waals surface area contributed by atoms with Crippen molar-refractivity contribution in [3.8, 4) is 5.75 Å². The number of nitrogens with one attached hydrogen (secondary N) is 2. The van der Waals surface area contributed by atoms with Gasteiger partial charge in [0.05, 0.1) is 17.7 Å². The van der Waals surface area contributed by atoms with Crippen LogP contribution in [-0.2, 0) is 10.0 Å². The van der Waals surface area contributed by atoms with Crippen LogP contribution in [0, 0.1) is 0 Å². The monoisotopic (exact) mass is 419 g/mol. The second-order valence-electron chi connectivity index (χ2n) is 6.18. The van der Waals surface area contributed by atoms with Gasteiger partial charge in [0.25, 0.3) is 10.0 Å². The maximum Gasteiger partial charge on any atom is 0.339 e. The number of hydrogen-bond acceptors (Lipinski definition) is 5. The van der Waals surface area contributed by atoms with E-state index in [1.54, 1.807) is 42.5 Å². The molecule has 4 amide bonds. The molecule has 2 aromatic carbocycles. The standard InChI is InChI=1S/C20H25N3O5S/c1-3-4-10-15-23(29(26,27)16-11-6-5-7-12-16)20(25)22-19(24)21-17-13-8-9-14-18(17)28-2/h5-9,11-14H,3-4,10,15H2,1-2H3,(H2,21,22,24,25). The van der Waals surface area contributed by atoms with Gasteiger partial charge in [0.15, 0.2) is 0 Å². The molecule has 0 bridgehead atoms. The number of unbranched alkanes of at least 4 members (excludes halogenated alkanes) is 2. The van der Waals surface area contributed by atoms with Crippen molar-refractivity contribution < 1.29 is 22.7 Å². The van der Waals surface area contributed by atoms with E-state index in [9.17, 15) is 18.0 Å². The van der Waals surface area contributed by atoms with Gasteiger partial charge in [0, 0.05) is 6.54 Å². The molecule has 2 rings (SSSR count). The summed E-state index contributed by atoms with van der Waals surface area (Å²) in [6, 6.07) is 12.4. The quantitative estimate of drug-likeness (QED) is 0.633. The summed E-state index contributed by atoms with van der Waals surface area (Å²) >= 11 is 0. The van der Waals surface area contributed by atoms with Crippen LogP contribution in [-0.4, -0.2) is 38.4 Å². The van der Waals surface area contributed by atoms with E-state index in [2.05, 4.69) is 10.6 Å². The van der Waals surface area contributed by atoms with Crippen molar-refractivity contribution in [2.24, 2.45) is 0 Å². The van der Waals surface area contributed by atoms with Crippen LogP contribution >= 0.6 is 0 Å². The van der Waals surface area contributed by atoms with Crippen LogP contribution in [0.15, 0.2) is 59.5 Å². The van der Waals surface area contributed by atoms with E-state index in [-0.39, 0.29) is 11.4 Å². The van der Waals surface area contributed by atoms with Gasteiger partial charge in [-0.25, -0.2) is 22.3 Å². The van der Waals surface area contributed by atoms with E-state index in [1.165, 1.54) is 19.2 Å². The molecule has 0 fully saturated rings. The van der Waals surface area contributed by atoms with Crippen LogP contribution in [0.5, 0.6) is 5.75 Å². The second kappa shape index (κ2) is 10.5. The van der Waals surface area contributed by atoms with Crippen molar-refractivity contribution in [3.63, 3.8) is 0 Å². The minimum Gasteiger partial charge on any atom is -0.495 e. The van der Waals surface area contributed by atoms with Crippen LogP contribution in [0.1, 0.15) is 26.2 Å². The Morgan fingerprint density at radius 1 is 1.00 bits per heavy atom. The summed E-state index contributed by atoms with van der Waals surface area (Å²) < 4.78 is 31.7. The molecule has 0 heterocycles. The lowest BCUT2D eigenvalue weighted by atomic mass is 10.2. The first-order valence-corrected chi connectivity index (χ1v) is 10.7. The van der Waals surface area contributed by atoms with Crippen LogP contribution < -0.4 is 15.4 Å². The molecule has 0 saturated heterocycles. The predicted octanol–water partition coefficient (Wildman–Crippen LogP) is 3.82. The van der Waals surface area contributed by atoms with E-state index in [0.29, 0.717) is 22.2 Å². The van der Waals surface area contributed by atoms with E-state index in [1.807, 2.05) is 6.92 Å². The topological polar surface area (TPSA) is 105 Å².